The number of benzene rings is 1. The molecule has 2 aromatic rings. The van der Waals surface area contributed by atoms with Gasteiger partial charge in [-0.05, 0) is 37.1 Å². The lowest BCUT2D eigenvalue weighted by atomic mass is 10.2. The number of carbonyl (C=O) groups excluding carboxylic acids is 2. The van der Waals surface area contributed by atoms with Gasteiger partial charge in [-0.25, -0.2) is 9.37 Å². The molecule has 0 aliphatic carbocycles. The second-order valence-corrected chi connectivity index (χ2v) is 6.56. The van der Waals surface area contributed by atoms with Gasteiger partial charge in [0.25, 0.3) is 11.8 Å². The summed E-state index contributed by atoms with van der Waals surface area (Å²) >= 11 is 1.35. The number of hydrogen-bond acceptors (Lipinski definition) is 4. The molecule has 1 N–H and O–H groups in total. The minimum Gasteiger partial charge on any atom is -0.351 e. The lowest BCUT2D eigenvalue weighted by molar-refractivity contribution is 0.0743. The van der Waals surface area contributed by atoms with Crippen LogP contribution in [0.25, 0.3) is 0 Å². The number of hydrogen-bond donors (Lipinski definition) is 1. The van der Waals surface area contributed by atoms with Crippen LogP contribution in [0, 0.1) is 5.82 Å². The van der Waals surface area contributed by atoms with Crippen molar-refractivity contribution in [1.29, 1.82) is 0 Å². The first kappa shape index (κ1) is 19.1. The van der Waals surface area contributed by atoms with E-state index in [2.05, 4.69) is 10.3 Å². The minimum absolute atomic E-state index is 0.172. The van der Waals surface area contributed by atoms with E-state index in [0.717, 1.165) is 12.8 Å². The number of nitrogens with zero attached hydrogens (tertiary/aromatic N) is 2. The maximum Gasteiger partial charge on any atom is 0.270 e. The minimum atomic E-state index is -0.374. The van der Waals surface area contributed by atoms with Crippen LogP contribution in [-0.4, -0.2) is 34.8 Å². The van der Waals surface area contributed by atoms with Crippen molar-refractivity contribution in [1.82, 2.24) is 15.2 Å². The molecule has 1 aromatic heterocycles. The van der Waals surface area contributed by atoms with Crippen LogP contribution in [0.4, 0.5) is 4.39 Å². The highest BCUT2D eigenvalue weighted by Gasteiger charge is 2.18. The average Bonchev–Trinajstić information content (AvgIpc) is 3.08. The van der Waals surface area contributed by atoms with Crippen molar-refractivity contribution in [2.75, 3.05) is 13.1 Å². The number of aromatic nitrogens is 1. The Bertz CT molecular complexity index is 715. The van der Waals surface area contributed by atoms with Gasteiger partial charge in [-0.3, -0.25) is 9.59 Å². The largest absolute Gasteiger partial charge is 0.351 e. The van der Waals surface area contributed by atoms with Crippen molar-refractivity contribution in [3.8, 4) is 0 Å². The second-order valence-electron chi connectivity index (χ2n) is 5.62. The third-order valence-corrected chi connectivity index (χ3v) is 4.35. The Morgan fingerprint density at radius 2 is 1.92 bits per heavy atom. The number of halogens is 1. The fourth-order valence-electron chi connectivity index (χ4n) is 2.28. The molecule has 0 aliphatic rings. The highest BCUT2D eigenvalue weighted by molar-refractivity contribution is 7.09. The highest BCUT2D eigenvalue weighted by atomic mass is 32.1. The zero-order valence-electron chi connectivity index (χ0n) is 14.4. The van der Waals surface area contributed by atoms with Crippen molar-refractivity contribution in [3.63, 3.8) is 0 Å². The molecule has 2 rings (SSSR count). The highest BCUT2D eigenvalue weighted by Crippen LogP contribution is 2.15. The summed E-state index contributed by atoms with van der Waals surface area (Å²) in [5.41, 5.74) is 0.812. The summed E-state index contributed by atoms with van der Waals surface area (Å²) in [5.74, 6) is -0.744. The van der Waals surface area contributed by atoms with Gasteiger partial charge in [0, 0.05) is 24.0 Å². The molecule has 2 amide bonds. The van der Waals surface area contributed by atoms with E-state index >= 15 is 0 Å². The van der Waals surface area contributed by atoms with Crippen LogP contribution >= 0.6 is 11.3 Å². The Morgan fingerprint density at radius 1 is 1.20 bits per heavy atom. The molecule has 0 radical (unpaired) electrons. The van der Waals surface area contributed by atoms with E-state index in [1.54, 1.807) is 10.3 Å². The van der Waals surface area contributed by atoms with Crippen LogP contribution in [0.15, 0.2) is 29.6 Å². The van der Waals surface area contributed by atoms with Gasteiger partial charge in [0.15, 0.2) is 0 Å². The van der Waals surface area contributed by atoms with Gasteiger partial charge in [0.1, 0.15) is 16.5 Å². The number of amides is 2. The first-order valence-corrected chi connectivity index (χ1v) is 9.20. The molecule has 1 aromatic carbocycles. The number of rotatable bonds is 8. The lowest BCUT2D eigenvalue weighted by Gasteiger charge is -2.21. The number of carbonyl (C=O) groups is 2. The summed E-state index contributed by atoms with van der Waals surface area (Å²) < 4.78 is 13.0. The number of thiazole rings is 1. The van der Waals surface area contributed by atoms with Crippen molar-refractivity contribution in [3.05, 3.63) is 51.7 Å². The van der Waals surface area contributed by atoms with Gasteiger partial charge in [0.2, 0.25) is 0 Å². The Kier molecular flexibility index (Phi) is 7.06. The molecule has 5 nitrogen and oxygen atoms in total. The van der Waals surface area contributed by atoms with E-state index in [0.29, 0.717) is 35.9 Å². The fraction of sp³-hybridized carbons (Fsp3) is 0.389. The van der Waals surface area contributed by atoms with E-state index in [4.69, 9.17) is 0 Å². The molecule has 25 heavy (non-hydrogen) atoms. The van der Waals surface area contributed by atoms with Crippen LogP contribution in [0.5, 0.6) is 0 Å². The molecule has 0 aliphatic heterocycles. The molecule has 0 spiro atoms. The van der Waals surface area contributed by atoms with Crippen molar-refractivity contribution in [2.24, 2.45) is 0 Å². The molecule has 0 fully saturated rings. The summed E-state index contributed by atoms with van der Waals surface area (Å²) in [7, 11) is 0. The Morgan fingerprint density at radius 3 is 2.56 bits per heavy atom. The predicted molar refractivity (Wildman–Crippen MR) is 96.2 cm³/mol. The quantitative estimate of drug-likeness (QED) is 0.781. The van der Waals surface area contributed by atoms with Gasteiger partial charge < -0.3 is 10.2 Å². The summed E-state index contributed by atoms with van der Waals surface area (Å²) in [6.45, 7) is 5.46. The first-order chi connectivity index (χ1) is 12.0. The Labute approximate surface area is 150 Å². The average molecular weight is 363 g/mol. The second kappa shape index (κ2) is 9.27. The van der Waals surface area contributed by atoms with Gasteiger partial charge in [0.05, 0.1) is 6.54 Å². The summed E-state index contributed by atoms with van der Waals surface area (Å²) in [4.78, 5) is 30.6. The predicted octanol–water partition coefficient (Wildman–Crippen LogP) is 3.47. The van der Waals surface area contributed by atoms with E-state index in [9.17, 15) is 14.0 Å². The molecule has 0 bridgehead atoms. The SMILES string of the molecule is CCCNC(=O)c1csc(CN(CCC)C(=O)c2ccc(F)cc2)n1. The van der Waals surface area contributed by atoms with Gasteiger partial charge >= 0.3 is 0 Å². The molecular weight excluding hydrogens is 341 g/mol. The monoisotopic (exact) mass is 363 g/mol. The molecule has 7 heteroatoms. The third-order valence-electron chi connectivity index (χ3n) is 3.52. The zero-order valence-corrected chi connectivity index (χ0v) is 15.2. The smallest absolute Gasteiger partial charge is 0.270 e. The van der Waals surface area contributed by atoms with E-state index in [-0.39, 0.29) is 17.6 Å². The molecule has 0 saturated heterocycles. The Balaban J connectivity index is 2.08. The Hall–Kier alpha value is -2.28. The van der Waals surface area contributed by atoms with E-state index in [1.165, 1.54) is 35.6 Å². The van der Waals surface area contributed by atoms with Gasteiger partial charge in [-0.2, -0.15) is 0 Å². The van der Waals surface area contributed by atoms with Crippen LogP contribution in [0.3, 0.4) is 0 Å². The summed E-state index contributed by atoms with van der Waals surface area (Å²) in [5, 5.41) is 5.18. The molecular formula is C18H22FN3O2S. The van der Waals surface area contributed by atoms with Crippen LogP contribution in [-0.2, 0) is 6.54 Å². The molecule has 134 valence electrons. The van der Waals surface area contributed by atoms with Crippen molar-refractivity contribution in [2.45, 2.75) is 33.2 Å². The van der Waals surface area contributed by atoms with Crippen LogP contribution in [0.1, 0.15) is 52.5 Å². The van der Waals surface area contributed by atoms with Gasteiger partial charge in [-0.15, -0.1) is 11.3 Å². The topological polar surface area (TPSA) is 62.3 Å². The van der Waals surface area contributed by atoms with Crippen molar-refractivity contribution >= 4 is 23.2 Å². The van der Waals surface area contributed by atoms with Crippen LogP contribution < -0.4 is 5.32 Å². The number of nitrogens with one attached hydrogen (secondary N) is 1. The maximum atomic E-state index is 13.0. The van der Waals surface area contributed by atoms with Crippen LogP contribution in [0.2, 0.25) is 0 Å². The van der Waals surface area contributed by atoms with E-state index < -0.39 is 0 Å². The normalized spacial score (nSPS) is 10.5. The first-order valence-electron chi connectivity index (χ1n) is 8.32. The summed E-state index contributed by atoms with van der Waals surface area (Å²) in [6, 6.07) is 5.51. The maximum absolute atomic E-state index is 13.0. The fourth-order valence-corrected chi connectivity index (χ4v) is 3.07. The molecule has 0 saturated carbocycles. The standard InChI is InChI=1S/C18H22FN3O2S/c1-3-9-20-17(23)15-12-25-16(21-15)11-22(10-4-2)18(24)13-5-7-14(19)8-6-13/h5-8,12H,3-4,9-11H2,1-2H3,(H,20,23). The van der Waals surface area contributed by atoms with E-state index in [1.807, 2.05) is 13.8 Å². The molecule has 0 unspecified atom stereocenters. The molecule has 0 atom stereocenters. The van der Waals surface area contributed by atoms with Gasteiger partial charge in [-0.1, -0.05) is 13.8 Å². The third kappa shape index (κ3) is 5.35. The van der Waals surface area contributed by atoms with Crippen molar-refractivity contribution < 1.29 is 14.0 Å². The zero-order chi connectivity index (χ0) is 18.2. The summed E-state index contributed by atoms with van der Waals surface area (Å²) in [6.07, 6.45) is 1.65. The lowest BCUT2D eigenvalue weighted by Crippen LogP contribution is -2.31. The molecule has 1 heterocycles.